The molecule has 20 heavy (non-hydrogen) atoms. The SMILES string of the molecule is N=C(N)c1ccc(Oc2ccccc2CO)c(F)c1Br. The maximum atomic E-state index is 14.2. The molecule has 2 rings (SSSR count). The molecule has 0 saturated carbocycles. The van der Waals surface area contributed by atoms with E-state index in [9.17, 15) is 9.50 Å². The second-order valence-corrected chi connectivity index (χ2v) is 4.81. The number of halogens is 2. The number of hydrogen-bond acceptors (Lipinski definition) is 3. The van der Waals surface area contributed by atoms with Crippen LogP contribution in [0, 0.1) is 11.2 Å². The van der Waals surface area contributed by atoms with Gasteiger partial charge in [0.15, 0.2) is 11.6 Å². The van der Waals surface area contributed by atoms with E-state index in [4.69, 9.17) is 15.9 Å². The van der Waals surface area contributed by atoms with Crippen LogP contribution in [0.2, 0.25) is 0 Å². The summed E-state index contributed by atoms with van der Waals surface area (Å²) in [5, 5.41) is 16.5. The molecular formula is C14H12BrFN2O2. The number of para-hydroxylation sites is 1. The standard InChI is InChI=1S/C14H12BrFN2O2/c15-12-9(14(17)18)5-6-11(13(12)16)20-10-4-2-1-3-8(10)7-19/h1-6,19H,7H2,(H3,17,18). The molecule has 0 aliphatic rings. The Morgan fingerprint density at radius 2 is 1.95 bits per heavy atom. The lowest BCUT2D eigenvalue weighted by molar-refractivity contribution is 0.276. The van der Waals surface area contributed by atoms with Crippen LogP contribution in [0.3, 0.4) is 0 Å². The van der Waals surface area contributed by atoms with E-state index >= 15 is 0 Å². The number of nitrogens with one attached hydrogen (secondary N) is 1. The molecule has 104 valence electrons. The van der Waals surface area contributed by atoms with Crippen LogP contribution < -0.4 is 10.5 Å². The van der Waals surface area contributed by atoms with E-state index in [1.807, 2.05) is 0 Å². The number of aliphatic hydroxyl groups excluding tert-OH is 1. The fourth-order valence-corrected chi connectivity index (χ4v) is 2.21. The number of nitrogen functional groups attached to an aromatic ring is 1. The Balaban J connectivity index is 2.40. The summed E-state index contributed by atoms with van der Waals surface area (Å²) in [6.07, 6.45) is 0. The van der Waals surface area contributed by atoms with E-state index in [1.165, 1.54) is 12.1 Å². The monoisotopic (exact) mass is 338 g/mol. The summed E-state index contributed by atoms with van der Waals surface area (Å²) in [5.74, 6) is -0.525. The molecule has 0 bridgehead atoms. The minimum Gasteiger partial charge on any atom is -0.454 e. The zero-order valence-electron chi connectivity index (χ0n) is 10.4. The molecule has 2 aromatic carbocycles. The van der Waals surface area contributed by atoms with Crippen LogP contribution in [0.4, 0.5) is 4.39 Å². The number of aliphatic hydroxyl groups is 1. The van der Waals surface area contributed by atoms with Crippen molar-refractivity contribution in [3.63, 3.8) is 0 Å². The van der Waals surface area contributed by atoms with Gasteiger partial charge in [-0.05, 0) is 34.1 Å². The van der Waals surface area contributed by atoms with Crippen LogP contribution in [-0.4, -0.2) is 10.9 Å². The molecule has 0 aliphatic heterocycles. The molecule has 0 aromatic heterocycles. The Morgan fingerprint density at radius 1 is 1.25 bits per heavy atom. The number of benzene rings is 2. The third-order valence-electron chi connectivity index (χ3n) is 2.70. The number of rotatable bonds is 4. The average molecular weight is 339 g/mol. The van der Waals surface area contributed by atoms with Gasteiger partial charge in [-0.15, -0.1) is 0 Å². The summed E-state index contributed by atoms with van der Waals surface area (Å²) in [6, 6.07) is 9.69. The molecule has 0 atom stereocenters. The van der Waals surface area contributed by atoms with Crippen molar-refractivity contribution in [1.29, 1.82) is 5.41 Å². The molecule has 0 amide bonds. The zero-order chi connectivity index (χ0) is 14.7. The van der Waals surface area contributed by atoms with Gasteiger partial charge in [0.1, 0.15) is 11.6 Å². The molecular weight excluding hydrogens is 327 g/mol. The largest absolute Gasteiger partial charge is 0.454 e. The zero-order valence-corrected chi connectivity index (χ0v) is 11.9. The van der Waals surface area contributed by atoms with Gasteiger partial charge in [0.05, 0.1) is 11.1 Å². The number of amidine groups is 1. The first-order valence-corrected chi connectivity index (χ1v) is 6.53. The quantitative estimate of drug-likeness (QED) is 0.591. The van der Waals surface area contributed by atoms with E-state index in [2.05, 4.69) is 15.9 Å². The highest BCUT2D eigenvalue weighted by Gasteiger charge is 2.15. The lowest BCUT2D eigenvalue weighted by Gasteiger charge is -2.12. The lowest BCUT2D eigenvalue weighted by atomic mass is 10.2. The van der Waals surface area contributed by atoms with E-state index < -0.39 is 5.82 Å². The minimum atomic E-state index is -0.648. The van der Waals surface area contributed by atoms with Gasteiger partial charge >= 0.3 is 0 Å². The molecule has 0 heterocycles. The van der Waals surface area contributed by atoms with Gasteiger partial charge in [-0.2, -0.15) is 0 Å². The highest BCUT2D eigenvalue weighted by Crippen LogP contribution is 2.32. The Hall–Kier alpha value is -1.92. The fraction of sp³-hybridized carbons (Fsp3) is 0.0714. The van der Waals surface area contributed by atoms with E-state index in [-0.39, 0.29) is 28.2 Å². The Bertz CT molecular complexity index is 662. The second kappa shape index (κ2) is 6.02. The molecule has 6 heteroatoms. The smallest absolute Gasteiger partial charge is 0.180 e. The van der Waals surface area contributed by atoms with Crippen molar-refractivity contribution in [2.75, 3.05) is 0 Å². The molecule has 4 N–H and O–H groups in total. The molecule has 0 radical (unpaired) electrons. The van der Waals surface area contributed by atoms with Crippen LogP contribution in [0.25, 0.3) is 0 Å². The minimum absolute atomic E-state index is 0.0113. The summed E-state index contributed by atoms with van der Waals surface area (Å²) < 4.78 is 19.7. The second-order valence-electron chi connectivity index (χ2n) is 4.02. The van der Waals surface area contributed by atoms with E-state index in [0.29, 0.717) is 11.3 Å². The molecule has 0 spiro atoms. The Morgan fingerprint density at radius 3 is 2.60 bits per heavy atom. The summed E-state index contributed by atoms with van der Waals surface area (Å²) in [7, 11) is 0. The molecule has 0 fully saturated rings. The van der Waals surface area contributed by atoms with Crippen molar-refractivity contribution < 1.29 is 14.2 Å². The summed E-state index contributed by atoms with van der Waals surface area (Å²) in [6.45, 7) is -0.204. The van der Waals surface area contributed by atoms with Crippen LogP contribution >= 0.6 is 15.9 Å². The predicted octanol–water partition coefficient (Wildman–Crippen LogP) is 3.16. The lowest BCUT2D eigenvalue weighted by Crippen LogP contribution is -2.12. The fourth-order valence-electron chi connectivity index (χ4n) is 1.67. The molecule has 2 aromatic rings. The topological polar surface area (TPSA) is 79.3 Å². The summed E-state index contributed by atoms with van der Waals surface area (Å²) in [5.41, 5.74) is 6.15. The van der Waals surface area contributed by atoms with Crippen molar-refractivity contribution >= 4 is 21.8 Å². The molecule has 0 aliphatic carbocycles. The number of nitrogens with two attached hydrogens (primary N) is 1. The third-order valence-corrected chi connectivity index (χ3v) is 3.48. The van der Waals surface area contributed by atoms with Crippen molar-refractivity contribution in [2.24, 2.45) is 5.73 Å². The summed E-state index contributed by atoms with van der Waals surface area (Å²) >= 11 is 3.06. The molecule has 0 unspecified atom stereocenters. The van der Waals surface area contributed by atoms with Crippen molar-refractivity contribution in [2.45, 2.75) is 6.61 Å². The van der Waals surface area contributed by atoms with Gasteiger partial charge in [-0.25, -0.2) is 4.39 Å². The number of ether oxygens (including phenoxy) is 1. The highest BCUT2D eigenvalue weighted by molar-refractivity contribution is 9.10. The van der Waals surface area contributed by atoms with Crippen LogP contribution in [0.15, 0.2) is 40.9 Å². The normalized spacial score (nSPS) is 10.3. The van der Waals surface area contributed by atoms with Crippen LogP contribution in [-0.2, 0) is 6.61 Å². The van der Waals surface area contributed by atoms with Gasteiger partial charge in [0, 0.05) is 11.1 Å². The highest BCUT2D eigenvalue weighted by atomic mass is 79.9. The average Bonchev–Trinajstić information content (AvgIpc) is 2.44. The maximum Gasteiger partial charge on any atom is 0.180 e. The van der Waals surface area contributed by atoms with Gasteiger partial charge in [0.25, 0.3) is 0 Å². The van der Waals surface area contributed by atoms with Gasteiger partial charge < -0.3 is 15.6 Å². The van der Waals surface area contributed by atoms with Crippen molar-refractivity contribution in [3.05, 3.63) is 57.8 Å². The maximum absolute atomic E-state index is 14.2. The van der Waals surface area contributed by atoms with Crippen molar-refractivity contribution in [3.8, 4) is 11.5 Å². The summed E-state index contributed by atoms with van der Waals surface area (Å²) in [4.78, 5) is 0. The van der Waals surface area contributed by atoms with Gasteiger partial charge in [0.2, 0.25) is 0 Å². The molecule has 4 nitrogen and oxygen atoms in total. The van der Waals surface area contributed by atoms with E-state index in [0.717, 1.165) is 0 Å². The van der Waals surface area contributed by atoms with E-state index in [1.54, 1.807) is 24.3 Å². The molecule has 0 saturated heterocycles. The first kappa shape index (κ1) is 14.5. The first-order valence-electron chi connectivity index (χ1n) is 5.73. The van der Waals surface area contributed by atoms with Crippen molar-refractivity contribution in [1.82, 2.24) is 0 Å². The Labute approximate surface area is 123 Å². The van der Waals surface area contributed by atoms with Crippen LogP contribution in [0.1, 0.15) is 11.1 Å². The van der Waals surface area contributed by atoms with Gasteiger partial charge in [-0.3, -0.25) is 5.41 Å². The number of hydrogen-bond donors (Lipinski definition) is 3. The third kappa shape index (κ3) is 2.81. The van der Waals surface area contributed by atoms with Crippen LogP contribution in [0.5, 0.6) is 11.5 Å². The predicted molar refractivity (Wildman–Crippen MR) is 77.6 cm³/mol. The first-order chi connectivity index (χ1) is 9.54. The van der Waals surface area contributed by atoms with Gasteiger partial charge in [-0.1, -0.05) is 18.2 Å². The Kier molecular flexibility index (Phi) is 4.36.